The number of alkyl halides is 3. The van der Waals surface area contributed by atoms with E-state index in [2.05, 4.69) is 15.9 Å². The number of benzene rings is 1. The first-order valence-electron chi connectivity index (χ1n) is 5.00. The third-order valence-electron chi connectivity index (χ3n) is 3.07. The van der Waals surface area contributed by atoms with Gasteiger partial charge in [-0.2, -0.15) is 0 Å². The zero-order valence-corrected chi connectivity index (χ0v) is 12.7. The van der Waals surface area contributed by atoms with Crippen LogP contribution in [0.2, 0.25) is 0 Å². The monoisotopic (exact) mass is 340 g/mol. The predicted octanol–water partition coefficient (Wildman–Crippen LogP) is 4.01. The fraction of sp³-hybridized carbons (Fsp3) is 0.455. The molecule has 1 aliphatic heterocycles. The molecule has 1 aromatic rings. The van der Waals surface area contributed by atoms with Crippen LogP contribution in [0.1, 0.15) is 6.92 Å². The Labute approximate surface area is 114 Å². The van der Waals surface area contributed by atoms with Gasteiger partial charge in [-0.25, -0.2) is 0 Å². The molecule has 0 aromatic heterocycles. The minimum absolute atomic E-state index is 0.0183. The van der Waals surface area contributed by atoms with Gasteiger partial charge < -0.3 is 4.57 Å². The Morgan fingerprint density at radius 3 is 2.44 bits per heavy atom. The Kier molecular flexibility index (Phi) is 3.49. The van der Waals surface area contributed by atoms with Gasteiger partial charge in [0.15, 0.2) is 0 Å². The van der Waals surface area contributed by atoms with Crippen molar-refractivity contribution in [3.63, 3.8) is 0 Å². The Hall–Kier alpha value is 0.510. The van der Waals surface area contributed by atoms with Crippen molar-refractivity contribution in [3.8, 4) is 0 Å². The highest BCUT2D eigenvalue weighted by atomic mass is 79.9. The molecular formula is C11H12BrCl2OP. The summed E-state index contributed by atoms with van der Waals surface area (Å²) in [5.74, 6) is 0. The molecule has 0 N–H and O–H groups in total. The number of rotatable bonds is 1. The van der Waals surface area contributed by atoms with Gasteiger partial charge in [-0.3, -0.25) is 0 Å². The van der Waals surface area contributed by atoms with Gasteiger partial charge in [0.05, 0.1) is 4.87 Å². The molecule has 5 heteroatoms. The quantitative estimate of drug-likeness (QED) is 0.557. The molecule has 0 aliphatic carbocycles. The summed E-state index contributed by atoms with van der Waals surface area (Å²) in [7, 11) is -2.60. The molecule has 1 nitrogen and oxygen atoms in total. The van der Waals surface area contributed by atoms with Crippen LogP contribution in [0.15, 0.2) is 30.3 Å². The first-order valence-corrected chi connectivity index (χ1v) is 8.69. The molecule has 88 valence electrons. The van der Waals surface area contributed by atoms with E-state index in [1.165, 1.54) is 0 Å². The minimum atomic E-state index is -2.60. The fourth-order valence-electron chi connectivity index (χ4n) is 1.98. The normalized spacial score (nSPS) is 43.5. The van der Waals surface area contributed by atoms with Gasteiger partial charge in [0.1, 0.15) is 12.3 Å². The van der Waals surface area contributed by atoms with Crippen molar-refractivity contribution in [1.82, 2.24) is 0 Å². The summed E-state index contributed by atoms with van der Waals surface area (Å²) in [4.78, 5) is -0.678. The first kappa shape index (κ1) is 13.0. The summed E-state index contributed by atoms with van der Waals surface area (Å²) >= 11 is 16.2. The van der Waals surface area contributed by atoms with Crippen LogP contribution in [0.4, 0.5) is 0 Å². The summed E-state index contributed by atoms with van der Waals surface area (Å²) < 4.78 is 12.9. The van der Waals surface area contributed by atoms with E-state index in [1.807, 2.05) is 37.3 Å². The van der Waals surface area contributed by atoms with Crippen molar-refractivity contribution < 1.29 is 4.57 Å². The van der Waals surface area contributed by atoms with Crippen molar-refractivity contribution in [1.29, 1.82) is 0 Å². The van der Waals surface area contributed by atoms with Gasteiger partial charge >= 0.3 is 0 Å². The summed E-state index contributed by atoms with van der Waals surface area (Å²) in [5.41, 5.74) is 0. The fourth-order valence-corrected chi connectivity index (χ4v) is 8.47. The molecular weight excluding hydrogens is 330 g/mol. The van der Waals surface area contributed by atoms with Crippen LogP contribution in [0.3, 0.4) is 0 Å². The molecule has 1 fully saturated rings. The first-order chi connectivity index (χ1) is 7.39. The lowest BCUT2D eigenvalue weighted by Crippen LogP contribution is -2.31. The molecule has 4 atom stereocenters. The largest absolute Gasteiger partial charge is 0.317 e. The highest BCUT2D eigenvalue weighted by Crippen LogP contribution is 2.65. The molecule has 4 unspecified atom stereocenters. The zero-order chi connectivity index (χ0) is 12.0. The summed E-state index contributed by atoms with van der Waals surface area (Å²) in [6, 6.07) is 9.40. The van der Waals surface area contributed by atoms with E-state index in [9.17, 15) is 4.57 Å². The lowest BCUT2D eigenvalue weighted by Gasteiger charge is -2.24. The van der Waals surface area contributed by atoms with E-state index in [0.29, 0.717) is 6.16 Å². The number of hydrogen-bond acceptors (Lipinski definition) is 1. The van der Waals surface area contributed by atoms with Crippen LogP contribution >= 0.6 is 46.3 Å². The molecule has 0 radical (unpaired) electrons. The van der Waals surface area contributed by atoms with Gasteiger partial charge in [-0.1, -0.05) is 46.3 Å². The average Bonchev–Trinajstić information content (AvgIpc) is 2.42. The number of halogens is 3. The van der Waals surface area contributed by atoms with E-state index in [4.69, 9.17) is 23.2 Å². The van der Waals surface area contributed by atoms with Crippen LogP contribution in [0.5, 0.6) is 0 Å². The Morgan fingerprint density at radius 2 is 2.00 bits per heavy atom. The Bertz CT molecular complexity index is 435. The second-order valence-corrected chi connectivity index (χ2v) is 9.92. The van der Waals surface area contributed by atoms with Crippen molar-refractivity contribution in [2.24, 2.45) is 0 Å². The predicted molar refractivity (Wildman–Crippen MR) is 75.2 cm³/mol. The van der Waals surface area contributed by atoms with Crippen molar-refractivity contribution >= 4 is 51.6 Å². The second-order valence-electron chi connectivity index (χ2n) is 4.27. The van der Waals surface area contributed by atoms with Crippen LogP contribution in [0, 0.1) is 0 Å². The van der Waals surface area contributed by atoms with E-state index in [0.717, 1.165) is 5.30 Å². The smallest absolute Gasteiger partial charge is 0.135 e. The van der Waals surface area contributed by atoms with Crippen LogP contribution in [-0.2, 0) is 4.57 Å². The van der Waals surface area contributed by atoms with Gasteiger partial charge in [0, 0.05) is 16.3 Å². The van der Waals surface area contributed by atoms with Crippen LogP contribution in [0.25, 0.3) is 0 Å². The van der Waals surface area contributed by atoms with Crippen molar-refractivity contribution in [3.05, 3.63) is 30.3 Å². The third kappa shape index (κ3) is 1.88. The lowest BCUT2D eigenvalue weighted by molar-refractivity contribution is 0.581. The molecule has 2 rings (SSSR count). The molecule has 0 saturated carbocycles. The lowest BCUT2D eigenvalue weighted by atomic mass is 10.1. The summed E-state index contributed by atoms with van der Waals surface area (Å²) in [6.45, 7) is 1.84. The topological polar surface area (TPSA) is 17.1 Å². The Morgan fingerprint density at radius 1 is 1.44 bits per heavy atom. The van der Waals surface area contributed by atoms with Crippen molar-refractivity contribution in [2.45, 2.75) is 21.7 Å². The van der Waals surface area contributed by atoms with E-state index >= 15 is 0 Å². The maximum Gasteiger partial charge on any atom is 0.135 e. The van der Waals surface area contributed by atoms with Crippen LogP contribution in [-0.4, -0.2) is 21.0 Å². The molecule has 0 amide bonds. The molecule has 1 saturated heterocycles. The molecule has 1 aliphatic rings. The summed E-state index contributed by atoms with van der Waals surface area (Å²) in [5, 5.41) is 0.303. The van der Waals surface area contributed by atoms with Gasteiger partial charge in [0.2, 0.25) is 0 Å². The van der Waals surface area contributed by atoms with E-state index in [1.54, 1.807) is 0 Å². The third-order valence-corrected chi connectivity index (χ3v) is 10.6. The molecule has 16 heavy (non-hydrogen) atoms. The highest BCUT2D eigenvalue weighted by Gasteiger charge is 2.56. The summed E-state index contributed by atoms with van der Waals surface area (Å²) in [6.07, 6.45) is 0.519. The van der Waals surface area contributed by atoms with E-state index < -0.39 is 17.1 Å². The number of hydrogen-bond donors (Lipinski definition) is 0. The standard InChI is InChI=1S/C11H12BrCl2OP/c1-11(14)9(12)7-16(15,10(11)13)8-5-3-2-4-6-8/h2-6,9-10H,7H2,1H3. The van der Waals surface area contributed by atoms with Gasteiger partial charge in [0.25, 0.3) is 0 Å². The van der Waals surface area contributed by atoms with E-state index in [-0.39, 0.29) is 4.83 Å². The maximum atomic E-state index is 12.9. The van der Waals surface area contributed by atoms with Crippen LogP contribution < -0.4 is 5.30 Å². The molecule has 1 aromatic carbocycles. The minimum Gasteiger partial charge on any atom is -0.317 e. The highest BCUT2D eigenvalue weighted by molar-refractivity contribution is 9.09. The van der Waals surface area contributed by atoms with Crippen molar-refractivity contribution in [2.75, 3.05) is 6.16 Å². The average molecular weight is 342 g/mol. The molecule has 0 spiro atoms. The molecule has 0 bridgehead atoms. The van der Waals surface area contributed by atoms with Gasteiger partial charge in [-0.05, 0) is 6.92 Å². The second kappa shape index (κ2) is 4.31. The van der Waals surface area contributed by atoms with Gasteiger partial charge in [-0.15, -0.1) is 23.2 Å². The molecule has 1 heterocycles. The maximum absolute atomic E-state index is 12.9. The Balaban J connectivity index is 2.47. The zero-order valence-electron chi connectivity index (χ0n) is 8.74. The SMILES string of the molecule is CC1(Cl)C(Br)CP(=O)(c2ccccc2)C1Cl.